The minimum atomic E-state index is -0.570. The Kier molecular flexibility index (Phi) is 4.70. The number of anilines is 1. The molecule has 0 aliphatic rings. The van der Waals surface area contributed by atoms with Crippen LogP contribution < -0.4 is 10.1 Å². The van der Waals surface area contributed by atoms with Crippen LogP contribution >= 0.6 is 11.3 Å². The van der Waals surface area contributed by atoms with E-state index in [-0.39, 0.29) is 18.0 Å². The quantitative estimate of drug-likeness (QED) is 0.674. The number of hydrogen-bond acceptors (Lipinski definition) is 6. The summed E-state index contributed by atoms with van der Waals surface area (Å²) in [5.74, 6) is -0.457. The molecule has 0 bridgehead atoms. The highest BCUT2D eigenvalue weighted by molar-refractivity contribution is 7.14. The molecule has 1 aromatic carbocycles. The molecule has 0 aliphatic carbocycles. The Morgan fingerprint density at radius 1 is 1.50 bits per heavy atom. The molecule has 0 fully saturated rings. The van der Waals surface area contributed by atoms with Gasteiger partial charge in [-0.1, -0.05) is 6.07 Å². The first-order valence-corrected chi connectivity index (χ1v) is 7.04. The number of nitrogens with zero attached hydrogens (tertiary/aromatic N) is 2. The molecule has 0 saturated heterocycles. The van der Waals surface area contributed by atoms with E-state index >= 15 is 0 Å². The molecule has 0 radical (unpaired) electrons. The Bertz CT molecular complexity index is 764. The van der Waals surface area contributed by atoms with Gasteiger partial charge in [-0.3, -0.25) is 14.9 Å². The molecule has 0 aliphatic heterocycles. The highest BCUT2D eigenvalue weighted by Crippen LogP contribution is 2.28. The number of nitrogens with one attached hydrogen (secondary N) is 1. The molecule has 0 spiro atoms. The van der Waals surface area contributed by atoms with Crippen LogP contribution in [-0.4, -0.2) is 17.4 Å². The third kappa shape index (κ3) is 3.59. The molecule has 7 nitrogen and oxygen atoms in total. The molecule has 1 aromatic heterocycles. The third-order valence-corrected chi connectivity index (χ3v) is 3.54. The number of benzene rings is 1. The molecule has 1 heterocycles. The summed E-state index contributed by atoms with van der Waals surface area (Å²) in [5, 5.41) is 24.4. The molecular formula is C14H11N3O4S. The average Bonchev–Trinajstić information content (AvgIpc) is 2.92. The van der Waals surface area contributed by atoms with Gasteiger partial charge in [0.15, 0.2) is 12.4 Å². The van der Waals surface area contributed by atoms with Crippen molar-refractivity contribution in [2.75, 3.05) is 11.9 Å². The van der Waals surface area contributed by atoms with Gasteiger partial charge in [-0.2, -0.15) is 5.26 Å². The van der Waals surface area contributed by atoms with Crippen LogP contribution in [0.4, 0.5) is 10.7 Å². The van der Waals surface area contributed by atoms with Crippen LogP contribution in [0.15, 0.2) is 29.6 Å². The van der Waals surface area contributed by atoms with Crippen molar-refractivity contribution in [2.45, 2.75) is 6.92 Å². The van der Waals surface area contributed by atoms with Gasteiger partial charge in [0, 0.05) is 6.07 Å². The van der Waals surface area contributed by atoms with Crippen LogP contribution in [0.25, 0.3) is 0 Å². The van der Waals surface area contributed by atoms with Gasteiger partial charge in [-0.15, -0.1) is 11.3 Å². The highest BCUT2D eigenvalue weighted by Gasteiger charge is 2.16. The van der Waals surface area contributed by atoms with Crippen LogP contribution in [0.1, 0.15) is 11.1 Å². The van der Waals surface area contributed by atoms with E-state index in [1.165, 1.54) is 23.5 Å². The fourth-order valence-electron chi connectivity index (χ4n) is 1.69. The summed E-state index contributed by atoms with van der Waals surface area (Å²) in [4.78, 5) is 22.1. The van der Waals surface area contributed by atoms with Crippen LogP contribution in [0, 0.1) is 28.4 Å². The summed E-state index contributed by atoms with van der Waals surface area (Å²) < 4.78 is 5.23. The van der Waals surface area contributed by atoms with E-state index in [1.807, 2.05) is 6.07 Å². The van der Waals surface area contributed by atoms with Crippen molar-refractivity contribution in [3.05, 3.63) is 50.9 Å². The lowest BCUT2D eigenvalue weighted by atomic mass is 10.2. The number of thiophene rings is 1. The second-order valence-electron chi connectivity index (χ2n) is 4.34. The molecule has 1 N–H and O–H groups in total. The van der Waals surface area contributed by atoms with Gasteiger partial charge in [-0.05, 0) is 30.0 Å². The molecule has 1 amide bonds. The summed E-state index contributed by atoms with van der Waals surface area (Å²) in [6.07, 6.45) is 0. The van der Waals surface area contributed by atoms with Crippen molar-refractivity contribution in [2.24, 2.45) is 0 Å². The molecule has 0 unspecified atom stereocenters. The van der Waals surface area contributed by atoms with Crippen molar-refractivity contribution < 1.29 is 14.5 Å². The summed E-state index contributed by atoms with van der Waals surface area (Å²) in [6, 6.07) is 7.96. The van der Waals surface area contributed by atoms with Crippen LogP contribution in [0.2, 0.25) is 0 Å². The SMILES string of the molecule is Cc1ccc([N+](=O)[O-])c(OCC(=O)Nc2sccc2C#N)c1. The Labute approximate surface area is 129 Å². The number of rotatable bonds is 5. The van der Waals surface area contributed by atoms with E-state index < -0.39 is 10.8 Å². The highest BCUT2D eigenvalue weighted by atomic mass is 32.1. The van der Waals surface area contributed by atoms with E-state index in [0.717, 1.165) is 5.56 Å². The lowest BCUT2D eigenvalue weighted by Gasteiger charge is -2.07. The van der Waals surface area contributed by atoms with E-state index in [9.17, 15) is 14.9 Å². The summed E-state index contributed by atoms with van der Waals surface area (Å²) in [6.45, 7) is 1.38. The second kappa shape index (κ2) is 6.69. The fraction of sp³-hybridized carbons (Fsp3) is 0.143. The number of amides is 1. The topological polar surface area (TPSA) is 105 Å². The minimum absolute atomic E-state index is 0.0341. The Hall–Kier alpha value is -2.92. The predicted octanol–water partition coefficient (Wildman–Crippen LogP) is 2.85. The maximum absolute atomic E-state index is 11.8. The number of hydrogen-bond donors (Lipinski definition) is 1. The molecule has 0 saturated carbocycles. The van der Waals surface area contributed by atoms with Crippen molar-refractivity contribution in [1.82, 2.24) is 0 Å². The van der Waals surface area contributed by atoms with Gasteiger partial charge in [0.05, 0.1) is 10.5 Å². The first-order valence-electron chi connectivity index (χ1n) is 6.16. The largest absolute Gasteiger partial charge is 0.477 e. The number of carbonyl (C=O) groups is 1. The molecule has 8 heteroatoms. The van der Waals surface area contributed by atoms with Crippen molar-refractivity contribution in [3.8, 4) is 11.8 Å². The first kappa shape index (κ1) is 15.5. The molecular weight excluding hydrogens is 306 g/mol. The molecule has 0 atom stereocenters. The zero-order valence-corrected chi connectivity index (χ0v) is 12.3. The maximum Gasteiger partial charge on any atom is 0.310 e. The van der Waals surface area contributed by atoms with Crippen LogP contribution in [-0.2, 0) is 4.79 Å². The van der Waals surface area contributed by atoms with Gasteiger partial charge >= 0.3 is 5.69 Å². The van der Waals surface area contributed by atoms with E-state index in [4.69, 9.17) is 10.00 Å². The minimum Gasteiger partial charge on any atom is -0.477 e. The number of aryl methyl sites for hydroxylation is 1. The summed E-state index contributed by atoms with van der Waals surface area (Å²) in [7, 11) is 0. The average molecular weight is 317 g/mol. The maximum atomic E-state index is 11.8. The van der Waals surface area contributed by atoms with E-state index in [2.05, 4.69) is 5.32 Å². The molecule has 22 heavy (non-hydrogen) atoms. The zero-order valence-electron chi connectivity index (χ0n) is 11.5. The van der Waals surface area contributed by atoms with Crippen molar-refractivity contribution in [3.63, 3.8) is 0 Å². The molecule has 112 valence electrons. The summed E-state index contributed by atoms with van der Waals surface area (Å²) in [5.41, 5.74) is 0.943. The normalized spacial score (nSPS) is 9.82. The van der Waals surface area contributed by atoms with Crippen molar-refractivity contribution in [1.29, 1.82) is 5.26 Å². The van der Waals surface area contributed by atoms with Gasteiger partial charge in [0.2, 0.25) is 0 Å². The molecule has 2 aromatic rings. The third-order valence-electron chi connectivity index (χ3n) is 2.71. The Morgan fingerprint density at radius 3 is 2.95 bits per heavy atom. The van der Waals surface area contributed by atoms with Gasteiger partial charge < -0.3 is 10.1 Å². The van der Waals surface area contributed by atoms with E-state index in [1.54, 1.807) is 24.4 Å². The number of carbonyl (C=O) groups excluding carboxylic acids is 1. The number of ether oxygens (including phenoxy) is 1. The summed E-state index contributed by atoms with van der Waals surface area (Å²) >= 11 is 1.22. The Balaban J connectivity index is 2.04. The van der Waals surface area contributed by atoms with Gasteiger partial charge in [-0.25, -0.2) is 0 Å². The molecule has 2 rings (SSSR count). The zero-order chi connectivity index (χ0) is 16.1. The second-order valence-corrected chi connectivity index (χ2v) is 5.26. The van der Waals surface area contributed by atoms with Crippen LogP contribution in [0.5, 0.6) is 5.75 Å². The first-order chi connectivity index (χ1) is 10.5. The van der Waals surface area contributed by atoms with Crippen LogP contribution in [0.3, 0.4) is 0 Å². The Morgan fingerprint density at radius 2 is 2.27 bits per heavy atom. The number of nitro benzene ring substituents is 1. The fourth-order valence-corrected chi connectivity index (χ4v) is 2.44. The van der Waals surface area contributed by atoms with Crippen molar-refractivity contribution >= 4 is 27.9 Å². The lowest BCUT2D eigenvalue weighted by molar-refractivity contribution is -0.385. The number of nitro groups is 1. The van der Waals surface area contributed by atoms with Gasteiger partial charge in [0.1, 0.15) is 11.1 Å². The smallest absolute Gasteiger partial charge is 0.310 e. The monoisotopic (exact) mass is 317 g/mol. The standard InChI is InChI=1S/C14H11N3O4S/c1-9-2-3-11(17(19)20)12(6-9)21-8-13(18)16-14-10(7-15)4-5-22-14/h2-6H,8H2,1H3,(H,16,18). The van der Waals surface area contributed by atoms with Gasteiger partial charge in [0.25, 0.3) is 5.91 Å². The predicted molar refractivity (Wildman–Crippen MR) is 81.0 cm³/mol. The lowest BCUT2D eigenvalue weighted by Crippen LogP contribution is -2.20. The van der Waals surface area contributed by atoms with E-state index in [0.29, 0.717) is 10.6 Å². The number of nitriles is 1.